The first kappa shape index (κ1) is 14.8. The summed E-state index contributed by atoms with van der Waals surface area (Å²) in [5.41, 5.74) is 0.566. The molecule has 0 aliphatic heterocycles. The smallest absolute Gasteiger partial charge is 0.310 e. The second kappa shape index (κ2) is 5.78. The van der Waals surface area contributed by atoms with Crippen molar-refractivity contribution in [3.05, 3.63) is 35.9 Å². The van der Waals surface area contributed by atoms with Crippen LogP contribution in [0.3, 0.4) is 0 Å². The van der Waals surface area contributed by atoms with Gasteiger partial charge < -0.3 is 4.74 Å². The molecule has 1 aromatic carbocycles. The third kappa shape index (κ3) is 3.69. The Balaban J connectivity index is 2.21. The van der Waals surface area contributed by atoms with Gasteiger partial charge in [-0.2, -0.15) is 0 Å². The van der Waals surface area contributed by atoms with E-state index in [1.54, 1.807) is 0 Å². The van der Waals surface area contributed by atoms with Crippen LogP contribution >= 0.6 is 0 Å². The standard InChI is InChI=1S/C17H22O3/c1-17(2,3)20-16(19)14-10-9-13(18)11-15(14)12-7-5-4-6-8-12/h4-8,14-15H,9-11H2,1-3H3. The van der Waals surface area contributed by atoms with Gasteiger partial charge in [0.25, 0.3) is 0 Å². The average Bonchev–Trinajstić information content (AvgIpc) is 2.37. The van der Waals surface area contributed by atoms with Crippen molar-refractivity contribution in [3.8, 4) is 0 Å². The van der Waals surface area contributed by atoms with Crippen LogP contribution in [0.2, 0.25) is 0 Å². The maximum absolute atomic E-state index is 12.4. The van der Waals surface area contributed by atoms with Crippen LogP contribution in [0.25, 0.3) is 0 Å². The molecule has 0 aromatic heterocycles. The summed E-state index contributed by atoms with van der Waals surface area (Å²) >= 11 is 0. The van der Waals surface area contributed by atoms with Crippen LogP contribution in [-0.4, -0.2) is 17.4 Å². The summed E-state index contributed by atoms with van der Waals surface area (Å²) in [6.45, 7) is 5.61. The molecule has 3 heteroatoms. The van der Waals surface area contributed by atoms with Crippen LogP contribution in [0.1, 0.15) is 51.5 Å². The summed E-state index contributed by atoms with van der Waals surface area (Å²) in [5.74, 6) is -0.209. The molecule has 1 aromatic rings. The Labute approximate surface area is 120 Å². The van der Waals surface area contributed by atoms with E-state index in [2.05, 4.69) is 0 Å². The van der Waals surface area contributed by atoms with Crippen LogP contribution in [0.5, 0.6) is 0 Å². The predicted octanol–water partition coefficient (Wildman–Crippen LogP) is 3.48. The highest BCUT2D eigenvalue weighted by molar-refractivity contribution is 5.84. The molecule has 2 atom stereocenters. The lowest BCUT2D eigenvalue weighted by atomic mass is 9.75. The molecule has 0 saturated heterocycles. The summed E-state index contributed by atoms with van der Waals surface area (Å²) in [4.78, 5) is 24.1. The van der Waals surface area contributed by atoms with Crippen LogP contribution in [-0.2, 0) is 14.3 Å². The summed E-state index contributed by atoms with van der Waals surface area (Å²) in [6, 6.07) is 9.80. The topological polar surface area (TPSA) is 43.4 Å². The van der Waals surface area contributed by atoms with E-state index in [1.807, 2.05) is 51.1 Å². The molecule has 0 N–H and O–H groups in total. The number of hydrogen-bond acceptors (Lipinski definition) is 3. The first-order valence-electron chi connectivity index (χ1n) is 7.16. The highest BCUT2D eigenvalue weighted by atomic mass is 16.6. The molecule has 0 bridgehead atoms. The van der Waals surface area contributed by atoms with Crippen molar-refractivity contribution in [2.24, 2.45) is 5.92 Å². The second-order valence-electron chi connectivity index (χ2n) is 6.44. The number of hydrogen-bond donors (Lipinski definition) is 0. The Morgan fingerprint density at radius 3 is 2.45 bits per heavy atom. The van der Waals surface area contributed by atoms with E-state index in [9.17, 15) is 9.59 Å². The minimum Gasteiger partial charge on any atom is -0.460 e. The van der Waals surface area contributed by atoms with E-state index >= 15 is 0 Å². The molecule has 1 aliphatic rings. The zero-order valence-corrected chi connectivity index (χ0v) is 12.4. The number of ketones is 1. The molecule has 1 aliphatic carbocycles. The van der Waals surface area contributed by atoms with E-state index in [0.29, 0.717) is 19.3 Å². The molecule has 0 spiro atoms. The quantitative estimate of drug-likeness (QED) is 0.775. The van der Waals surface area contributed by atoms with E-state index in [4.69, 9.17) is 4.74 Å². The van der Waals surface area contributed by atoms with Crippen molar-refractivity contribution in [1.82, 2.24) is 0 Å². The minimum atomic E-state index is -0.486. The van der Waals surface area contributed by atoms with Crippen molar-refractivity contribution >= 4 is 11.8 Å². The fourth-order valence-corrected chi connectivity index (χ4v) is 2.72. The molecule has 3 nitrogen and oxygen atoms in total. The third-order valence-electron chi connectivity index (χ3n) is 3.60. The van der Waals surface area contributed by atoms with Crippen molar-refractivity contribution in [2.45, 2.75) is 51.6 Å². The van der Waals surface area contributed by atoms with E-state index in [-0.39, 0.29) is 23.6 Å². The Bertz CT molecular complexity index is 485. The molecule has 0 radical (unpaired) electrons. The molecule has 1 saturated carbocycles. The molecule has 1 fully saturated rings. The summed E-state index contributed by atoms with van der Waals surface area (Å²) in [7, 11) is 0. The van der Waals surface area contributed by atoms with Crippen LogP contribution in [0.4, 0.5) is 0 Å². The Kier molecular flexibility index (Phi) is 4.26. The van der Waals surface area contributed by atoms with Crippen molar-refractivity contribution in [2.75, 3.05) is 0 Å². The SMILES string of the molecule is CC(C)(C)OC(=O)C1CCC(=O)CC1c1ccccc1. The van der Waals surface area contributed by atoms with E-state index < -0.39 is 5.60 Å². The van der Waals surface area contributed by atoms with Crippen molar-refractivity contribution < 1.29 is 14.3 Å². The largest absolute Gasteiger partial charge is 0.460 e. The van der Waals surface area contributed by atoms with Gasteiger partial charge in [0.1, 0.15) is 11.4 Å². The first-order valence-corrected chi connectivity index (χ1v) is 7.16. The lowest BCUT2D eigenvalue weighted by Crippen LogP contribution is -2.35. The van der Waals surface area contributed by atoms with Gasteiger partial charge in [0.15, 0.2) is 0 Å². The molecular weight excluding hydrogens is 252 g/mol. The Morgan fingerprint density at radius 1 is 1.20 bits per heavy atom. The van der Waals surface area contributed by atoms with Crippen LogP contribution < -0.4 is 0 Å². The van der Waals surface area contributed by atoms with Gasteiger partial charge in [-0.3, -0.25) is 9.59 Å². The van der Waals surface area contributed by atoms with E-state index in [1.165, 1.54) is 0 Å². The number of Topliss-reactive ketones (excluding diaryl/α,β-unsaturated/α-hetero) is 1. The van der Waals surface area contributed by atoms with Crippen molar-refractivity contribution in [1.29, 1.82) is 0 Å². The third-order valence-corrected chi connectivity index (χ3v) is 3.60. The highest BCUT2D eigenvalue weighted by Crippen LogP contribution is 2.37. The lowest BCUT2D eigenvalue weighted by molar-refractivity contribution is -0.162. The molecule has 2 unspecified atom stereocenters. The van der Waals surface area contributed by atoms with Gasteiger partial charge in [-0.25, -0.2) is 0 Å². The number of benzene rings is 1. The van der Waals surface area contributed by atoms with Crippen molar-refractivity contribution in [3.63, 3.8) is 0 Å². The number of esters is 1. The normalized spacial score (nSPS) is 23.4. The summed E-state index contributed by atoms with van der Waals surface area (Å²) < 4.78 is 5.51. The number of ether oxygens (including phenoxy) is 1. The molecular formula is C17H22O3. The molecule has 0 amide bonds. The average molecular weight is 274 g/mol. The molecule has 2 rings (SSSR count). The molecule has 0 heterocycles. The van der Waals surface area contributed by atoms with Gasteiger partial charge in [-0.1, -0.05) is 30.3 Å². The minimum absolute atomic E-state index is 0.0488. The number of rotatable bonds is 2. The number of carbonyl (C=O) groups excluding carboxylic acids is 2. The maximum atomic E-state index is 12.4. The van der Waals surface area contributed by atoms with Gasteiger partial charge in [-0.15, -0.1) is 0 Å². The van der Waals surface area contributed by atoms with Gasteiger partial charge in [0.05, 0.1) is 5.92 Å². The van der Waals surface area contributed by atoms with E-state index in [0.717, 1.165) is 5.56 Å². The number of carbonyl (C=O) groups is 2. The van der Waals surface area contributed by atoms with Crippen LogP contribution in [0.15, 0.2) is 30.3 Å². The maximum Gasteiger partial charge on any atom is 0.310 e. The first-order chi connectivity index (χ1) is 9.37. The molecule has 20 heavy (non-hydrogen) atoms. The van der Waals surface area contributed by atoms with Crippen LogP contribution in [0, 0.1) is 5.92 Å². The summed E-state index contributed by atoms with van der Waals surface area (Å²) in [5, 5.41) is 0. The lowest BCUT2D eigenvalue weighted by Gasteiger charge is -2.32. The molecule has 108 valence electrons. The monoisotopic (exact) mass is 274 g/mol. The van der Waals surface area contributed by atoms with Gasteiger partial charge in [0, 0.05) is 18.8 Å². The Hall–Kier alpha value is -1.64. The van der Waals surface area contributed by atoms with Gasteiger partial charge >= 0.3 is 5.97 Å². The summed E-state index contributed by atoms with van der Waals surface area (Å²) in [6.07, 6.45) is 1.51. The predicted molar refractivity (Wildman–Crippen MR) is 77.4 cm³/mol. The zero-order chi connectivity index (χ0) is 14.8. The van der Waals surface area contributed by atoms with Gasteiger partial charge in [-0.05, 0) is 32.8 Å². The fraction of sp³-hybridized carbons (Fsp3) is 0.529. The highest BCUT2D eigenvalue weighted by Gasteiger charge is 2.37. The zero-order valence-electron chi connectivity index (χ0n) is 12.4. The second-order valence-corrected chi connectivity index (χ2v) is 6.44. The van der Waals surface area contributed by atoms with Gasteiger partial charge in [0.2, 0.25) is 0 Å². The Morgan fingerprint density at radius 2 is 1.85 bits per heavy atom. The fourth-order valence-electron chi connectivity index (χ4n) is 2.72.